The van der Waals surface area contributed by atoms with Crippen molar-refractivity contribution in [3.8, 4) is 0 Å². The second-order valence-electron chi connectivity index (χ2n) is 5.56. The van der Waals surface area contributed by atoms with Crippen LogP contribution in [0.1, 0.15) is 59.3 Å². The van der Waals surface area contributed by atoms with Crippen LogP contribution in [0.4, 0.5) is 0 Å². The van der Waals surface area contributed by atoms with Gasteiger partial charge in [-0.25, -0.2) is 4.79 Å². The average molecular weight is 285 g/mol. The van der Waals surface area contributed by atoms with E-state index >= 15 is 0 Å². The van der Waals surface area contributed by atoms with E-state index in [9.17, 15) is 4.79 Å². The molecule has 0 spiro atoms. The highest BCUT2D eigenvalue weighted by Crippen LogP contribution is 2.34. The zero-order valence-electron chi connectivity index (χ0n) is 13.4. The molecule has 0 heterocycles. The van der Waals surface area contributed by atoms with Gasteiger partial charge in [-0.05, 0) is 0 Å². The zero-order chi connectivity index (χ0) is 14.7. The van der Waals surface area contributed by atoms with E-state index in [2.05, 4.69) is 27.4 Å². The Morgan fingerprint density at radius 1 is 0.947 bits per heavy atom. The van der Waals surface area contributed by atoms with Gasteiger partial charge in [0.1, 0.15) is 0 Å². The summed E-state index contributed by atoms with van der Waals surface area (Å²) in [5.41, 5.74) is 0. The molecular weight excluding hydrogens is 252 g/mol. The smallest absolute Gasteiger partial charge is 0.329 e. The lowest BCUT2D eigenvalue weighted by Gasteiger charge is -2.32. The van der Waals surface area contributed by atoms with Crippen LogP contribution in [0.25, 0.3) is 0 Å². The largest absolute Gasteiger partial charge is 0.466 e. The summed E-state index contributed by atoms with van der Waals surface area (Å²) >= 11 is 0. The van der Waals surface area contributed by atoms with Gasteiger partial charge in [-0.3, -0.25) is 0 Å². The normalized spacial score (nSPS) is 11.4. The van der Waals surface area contributed by atoms with Crippen LogP contribution in [-0.2, 0) is 9.53 Å². The predicted octanol–water partition coefficient (Wildman–Crippen LogP) is 5.10. The Balaban J connectivity index is 5.06. The molecule has 0 radical (unpaired) electrons. The average Bonchev–Trinajstić information content (AvgIpc) is 2.45. The van der Waals surface area contributed by atoms with Crippen LogP contribution in [-0.4, -0.2) is 21.2 Å². The van der Waals surface area contributed by atoms with E-state index in [1.54, 1.807) is 0 Å². The fourth-order valence-corrected chi connectivity index (χ4v) is 7.99. The third-order valence-corrected chi connectivity index (χ3v) is 9.52. The van der Waals surface area contributed by atoms with Crippen molar-refractivity contribution in [1.82, 2.24) is 0 Å². The van der Waals surface area contributed by atoms with E-state index in [0.717, 1.165) is 5.20 Å². The lowest BCUT2D eigenvalue weighted by Crippen LogP contribution is -2.40. The number of hydrogen-bond donors (Lipinski definition) is 0. The first-order valence-corrected chi connectivity index (χ1v) is 10.5. The Hall–Kier alpha value is -0.573. The van der Waals surface area contributed by atoms with Gasteiger partial charge in [0.2, 0.25) is 0 Å². The molecule has 0 aliphatic heterocycles. The van der Waals surface area contributed by atoms with Gasteiger partial charge >= 0.3 is 5.97 Å². The van der Waals surface area contributed by atoms with Crippen LogP contribution in [0, 0.1) is 0 Å². The number of esters is 1. The zero-order valence-corrected chi connectivity index (χ0v) is 14.4. The Kier molecular flexibility index (Phi) is 9.93. The van der Waals surface area contributed by atoms with Gasteiger partial charge in [0.05, 0.1) is 15.2 Å². The lowest BCUT2D eigenvalue weighted by molar-refractivity contribution is -0.135. The van der Waals surface area contributed by atoms with Crippen molar-refractivity contribution >= 4 is 14.0 Å². The van der Waals surface area contributed by atoms with E-state index in [0.29, 0.717) is 0 Å². The molecule has 0 rings (SSSR count). The van der Waals surface area contributed by atoms with E-state index in [1.807, 2.05) is 0 Å². The summed E-state index contributed by atoms with van der Waals surface area (Å²) in [6, 6.07) is 3.62. The molecule has 0 atom stereocenters. The van der Waals surface area contributed by atoms with Crippen molar-refractivity contribution in [3.05, 3.63) is 11.8 Å². The van der Waals surface area contributed by atoms with Gasteiger partial charge in [0.25, 0.3) is 0 Å². The standard InChI is InChI=1S/C16H32O2Si/c1-6-9-12-19(13-10-7-2,14-11-8-3)15(4)16(17)18-5/h4,6-14H2,1-3,5H3. The first-order valence-electron chi connectivity index (χ1n) is 7.85. The van der Waals surface area contributed by atoms with Crippen LogP contribution in [0.15, 0.2) is 11.8 Å². The number of carbonyl (C=O) groups is 1. The summed E-state index contributed by atoms with van der Waals surface area (Å²) in [7, 11) is -0.237. The maximum atomic E-state index is 12.0. The first-order chi connectivity index (χ1) is 9.07. The van der Waals surface area contributed by atoms with Gasteiger partial charge in [0.15, 0.2) is 0 Å². The molecule has 0 fully saturated rings. The molecule has 0 unspecified atom stereocenters. The van der Waals surface area contributed by atoms with Crippen LogP contribution < -0.4 is 0 Å². The summed E-state index contributed by atoms with van der Waals surface area (Å²) in [6.07, 6.45) is 7.24. The third-order valence-electron chi connectivity index (χ3n) is 4.10. The minimum Gasteiger partial charge on any atom is -0.466 e. The number of carbonyl (C=O) groups excluding carboxylic acids is 1. The predicted molar refractivity (Wildman–Crippen MR) is 86.1 cm³/mol. The monoisotopic (exact) mass is 284 g/mol. The number of ether oxygens (including phenoxy) is 1. The molecule has 0 saturated heterocycles. The highest BCUT2D eigenvalue weighted by Gasteiger charge is 2.37. The molecule has 0 N–H and O–H groups in total. The quantitative estimate of drug-likeness (QED) is 0.299. The van der Waals surface area contributed by atoms with Crippen molar-refractivity contribution in [2.24, 2.45) is 0 Å². The molecule has 0 saturated carbocycles. The molecule has 3 heteroatoms. The van der Waals surface area contributed by atoms with E-state index in [4.69, 9.17) is 4.74 Å². The lowest BCUT2D eigenvalue weighted by atomic mass is 10.4. The van der Waals surface area contributed by atoms with Gasteiger partial charge < -0.3 is 4.74 Å². The minimum absolute atomic E-state index is 0.157. The number of unbranched alkanes of at least 4 members (excludes halogenated alkanes) is 3. The molecule has 0 aliphatic rings. The Labute approximate surface area is 120 Å². The van der Waals surface area contributed by atoms with E-state index < -0.39 is 8.07 Å². The summed E-state index contributed by atoms with van der Waals surface area (Å²) in [5.74, 6) is -0.157. The SMILES string of the molecule is C=C(C(=O)OC)[Si](CCCC)(CCCC)CCCC. The molecule has 2 nitrogen and oxygen atoms in total. The Morgan fingerprint density at radius 3 is 1.58 bits per heavy atom. The molecule has 0 amide bonds. The molecule has 112 valence electrons. The maximum Gasteiger partial charge on any atom is 0.329 e. The summed E-state index contributed by atoms with van der Waals surface area (Å²) in [4.78, 5) is 12.0. The van der Waals surface area contributed by atoms with Crippen LogP contribution in [0.5, 0.6) is 0 Å². The fraction of sp³-hybridized carbons (Fsp3) is 0.812. The summed E-state index contributed by atoms with van der Waals surface area (Å²) in [5, 5.41) is 0.838. The van der Waals surface area contributed by atoms with E-state index in [1.165, 1.54) is 63.8 Å². The highest BCUT2D eigenvalue weighted by atomic mass is 28.3. The van der Waals surface area contributed by atoms with Gasteiger partial charge in [-0.2, -0.15) is 0 Å². The topological polar surface area (TPSA) is 26.3 Å². The second kappa shape index (κ2) is 10.2. The van der Waals surface area contributed by atoms with E-state index in [-0.39, 0.29) is 5.97 Å². The van der Waals surface area contributed by atoms with Crippen LogP contribution >= 0.6 is 0 Å². The van der Waals surface area contributed by atoms with Crippen molar-refractivity contribution in [2.75, 3.05) is 7.11 Å². The second-order valence-corrected chi connectivity index (χ2v) is 10.2. The molecule has 0 aliphatic carbocycles. The Bertz CT molecular complexity index is 252. The molecule has 0 aromatic rings. The van der Waals surface area contributed by atoms with Crippen LogP contribution in [0.2, 0.25) is 18.1 Å². The number of rotatable bonds is 11. The Morgan fingerprint density at radius 2 is 1.32 bits per heavy atom. The number of hydrogen-bond acceptors (Lipinski definition) is 2. The first kappa shape index (κ1) is 18.4. The van der Waals surface area contributed by atoms with Crippen molar-refractivity contribution < 1.29 is 9.53 Å². The molecule has 19 heavy (non-hydrogen) atoms. The van der Waals surface area contributed by atoms with Gasteiger partial charge in [-0.1, -0.05) is 84.0 Å². The number of methoxy groups -OCH3 is 1. The van der Waals surface area contributed by atoms with Crippen molar-refractivity contribution in [3.63, 3.8) is 0 Å². The minimum atomic E-state index is -1.71. The summed E-state index contributed by atoms with van der Waals surface area (Å²) in [6.45, 7) is 10.8. The third kappa shape index (κ3) is 5.94. The van der Waals surface area contributed by atoms with Gasteiger partial charge in [0, 0.05) is 5.20 Å². The molecule has 0 aromatic carbocycles. The molecule has 0 bridgehead atoms. The van der Waals surface area contributed by atoms with Gasteiger partial charge in [-0.15, -0.1) is 0 Å². The highest BCUT2D eigenvalue weighted by molar-refractivity contribution is 6.90. The van der Waals surface area contributed by atoms with Crippen LogP contribution in [0.3, 0.4) is 0 Å². The summed E-state index contributed by atoms with van der Waals surface area (Å²) < 4.78 is 4.95. The van der Waals surface area contributed by atoms with Crippen molar-refractivity contribution in [1.29, 1.82) is 0 Å². The van der Waals surface area contributed by atoms with Crippen molar-refractivity contribution in [2.45, 2.75) is 77.4 Å². The molecular formula is C16H32O2Si. The fourth-order valence-electron chi connectivity index (χ4n) is 2.71. The maximum absolute atomic E-state index is 12.0. The molecule has 0 aromatic heterocycles.